The average molecular weight is 236 g/mol. The lowest BCUT2D eigenvalue weighted by atomic mass is 10.1. The predicted octanol–water partition coefficient (Wildman–Crippen LogP) is 2.61. The van der Waals surface area contributed by atoms with E-state index >= 15 is 0 Å². The standard InChI is InChI=1S/C14H12N4/c1-2-5-17-14-12(9-15)8-13(10-18-14)11-3-6-16-7-4-11/h2-4,6-8,10H,1,5H2,(H,17,18). The van der Waals surface area contributed by atoms with Crippen molar-refractivity contribution in [1.82, 2.24) is 9.97 Å². The highest BCUT2D eigenvalue weighted by Crippen LogP contribution is 2.21. The first-order valence-corrected chi connectivity index (χ1v) is 5.50. The molecule has 0 bridgehead atoms. The second-order valence-electron chi connectivity index (χ2n) is 3.64. The molecule has 0 fully saturated rings. The summed E-state index contributed by atoms with van der Waals surface area (Å²) in [5.74, 6) is 0.579. The molecule has 88 valence electrons. The predicted molar refractivity (Wildman–Crippen MR) is 70.9 cm³/mol. The number of nitrogens with one attached hydrogen (secondary N) is 1. The molecule has 2 aromatic rings. The van der Waals surface area contributed by atoms with Gasteiger partial charge in [-0.25, -0.2) is 4.98 Å². The molecular weight excluding hydrogens is 224 g/mol. The monoisotopic (exact) mass is 236 g/mol. The van der Waals surface area contributed by atoms with Crippen molar-refractivity contribution in [1.29, 1.82) is 5.26 Å². The maximum atomic E-state index is 9.12. The summed E-state index contributed by atoms with van der Waals surface area (Å²) in [6.45, 7) is 4.20. The molecule has 0 unspecified atom stereocenters. The van der Waals surface area contributed by atoms with E-state index in [2.05, 4.69) is 27.9 Å². The molecule has 0 aliphatic rings. The Morgan fingerprint density at radius 2 is 2.11 bits per heavy atom. The van der Waals surface area contributed by atoms with E-state index < -0.39 is 0 Å². The molecule has 18 heavy (non-hydrogen) atoms. The zero-order valence-corrected chi connectivity index (χ0v) is 9.80. The van der Waals surface area contributed by atoms with Gasteiger partial charge in [0.2, 0.25) is 0 Å². The molecule has 1 N–H and O–H groups in total. The average Bonchev–Trinajstić information content (AvgIpc) is 2.46. The molecule has 0 saturated heterocycles. The van der Waals surface area contributed by atoms with E-state index in [0.29, 0.717) is 17.9 Å². The summed E-state index contributed by atoms with van der Waals surface area (Å²) in [5.41, 5.74) is 2.41. The third kappa shape index (κ3) is 2.53. The van der Waals surface area contributed by atoms with Crippen LogP contribution < -0.4 is 5.32 Å². The van der Waals surface area contributed by atoms with Crippen LogP contribution in [0.1, 0.15) is 5.56 Å². The molecule has 2 heterocycles. The van der Waals surface area contributed by atoms with Gasteiger partial charge in [0.15, 0.2) is 0 Å². The van der Waals surface area contributed by atoms with E-state index in [9.17, 15) is 0 Å². The topological polar surface area (TPSA) is 61.6 Å². The van der Waals surface area contributed by atoms with E-state index in [1.807, 2.05) is 18.2 Å². The SMILES string of the molecule is C=CCNc1ncc(-c2ccncc2)cc1C#N. The second-order valence-corrected chi connectivity index (χ2v) is 3.64. The summed E-state index contributed by atoms with van der Waals surface area (Å²) in [5, 5.41) is 12.1. The lowest BCUT2D eigenvalue weighted by Gasteiger charge is -2.07. The molecular formula is C14H12N4. The lowest BCUT2D eigenvalue weighted by molar-refractivity contribution is 1.21. The lowest BCUT2D eigenvalue weighted by Crippen LogP contribution is -2.02. The maximum absolute atomic E-state index is 9.12. The Morgan fingerprint density at radius 3 is 2.78 bits per heavy atom. The van der Waals surface area contributed by atoms with E-state index in [-0.39, 0.29) is 0 Å². The van der Waals surface area contributed by atoms with Gasteiger partial charge in [0.05, 0.1) is 5.56 Å². The molecule has 0 atom stereocenters. The Kier molecular flexibility index (Phi) is 3.67. The fourth-order valence-electron chi connectivity index (χ4n) is 1.56. The van der Waals surface area contributed by atoms with Crippen molar-refractivity contribution >= 4 is 5.82 Å². The Bertz CT molecular complexity index is 584. The first-order valence-electron chi connectivity index (χ1n) is 5.50. The number of aromatic nitrogens is 2. The Balaban J connectivity index is 2.36. The van der Waals surface area contributed by atoms with Gasteiger partial charge in [-0.2, -0.15) is 5.26 Å². The van der Waals surface area contributed by atoms with Gasteiger partial charge in [-0.15, -0.1) is 6.58 Å². The van der Waals surface area contributed by atoms with Gasteiger partial charge >= 0.3 is 0 Å². The second kappa shape index (κ2) is 5.60. The minimum Gasteiger partial charge on any atom is -0.366 e. The van der Waals surface area contributed by atoms with Crippen LogP contribution in [-0.4, -0.2) is 16.5 Å². The molecule has 0 aliphatic heterocycles. The molecule has 4 nitrogen and oxygen atoms in total. The van der Waals surface area contributed by atoms with Crippen molar-refractivity contribution in [2.45, 2.75) is 0 Å². The normalized spacial score (nSPS) is 9.50. The van der Waals surface area contributed by atoms with Crippen molar-refractivity contribution in [2.24, 2.45) is 0 Å². The molecule has 0 spiro atoms. The molecule has 2 aromatic heterocycles. The van der Waals surface area contributed by atoms with E-state index in [1.165, 1.54) is 0 Å². The molecule has 0 radical (unpaired) electrons. The molecule has 0 saturated carbocycles. The number of nitriles is 1. The third-order valence-corrected chi connectivity index (χ3v) is 2.44. The number of anilines is 1. The number of rotatable bonds is 4. The van der Waals surface area contributed by atoms with Crippen LogP contribution >= 0.6 is 0 Å². The van der Waals surface area contributed by atoms with Gasteiger partial charge in [-0.3, -0.25) is 4.98 Å². The van der Waals surface area contributed by atoms with Crippen LogP contribution in [0.25, 0.3) is 11.1 Å². The summed E-state index contributed by atoms with van der Waals surface area (Å²) in [6, 6.07) is 7.72. The van der Waals surface area contributed by atoms with Gasteiger partial charge in [-0.1, -0.05) is 6.08 Å². The minimum atomic E-state index is 0.520. The van der Waals surface area contributed by atoms with Crippen molar-refractivity contribution in [3.8, 4) is 17.2 Å². The number of hydrogen-bond acceptors (Lipinski definition) is 4. The summed E-state index contributed by atoms with van der Waals surface area (Å²) >= 11 is 0. The highest BCUT2D eigenvalue weighted by atomic mass is 15.0. The van der Waals surface area contributed by atoms with Gasteiger partial charge in [0, 0.05) is 30.7 Å². The zero-order valence-electron chi connectivity index (χ0n) is 9.80. The van der Waals surface area contributed by atoms with Crippen LogP contribution in [0.3, 0.4) is 0 Å². The summed E-state index contributed by atoms with van der Waals surface area (Å²) in [4.78, 5) is 8.22. The van der Waals surface area contributed by atoms with Crippen LogP contribution in [-0.2, 0) is 0 Å². The molecule has 4 heteroatoms. The minimum absolute atomic E-state index is 0.520. The smallest absolute Gasteiger partial charge is 0.144 e. The van der Waals surface area contributed by atoms with Gasteiger partial charge in [0.25, 0.3) is 0 Å². The Labute approximate surface area is 106 Å². The first-order chi connectivity index (χ1) is 8.85. The van der Waals surface area contributed by atoms with Crippen molar-refractivity contribution in [3.05, 3.63) is 55.0 Å². The largest absolute Gasteiger partial charge is 0.366 e. The fraction of sp³-hybridized carbons (Fsp3) is 0.0714. The number of hydrogen-bond donors (Lipinski definition) is 1. The first kappa shape index (κ1) is 11.8. The Hall–Kier alpha value is -2.67. The van der Waals surface area contributed by atoms with Crippen LogP contribution in [0.4, 0.5) is 5.82 Å². The quantitative estimate of drug-likeness (QED) is 0.829. The Morgan fingerprint density at radius 1 is 1.33 bits per heavy atom. The zero-order chi connectivity index (χ0) is 12.8. The number of pyridine rings is 2. The summed E-state index contributed by atoms with van der Waals surface area (Å²) in [7, 11) is 0. The van der Waals surface area contributed by atoms with E-state index in [1.54, 1.807) is 24.7 Å². The van der Waals surface area contributed by atoms with E-state index in [4.69, 9.17) is 5.26 Å². The third-order valence-electron chi connectivity index (χ3n) is 2.44. The van der Waals surface area contributed by atoms with E-state index in [0.717, 1.165) is 11.1 Å². The summed E-state index contributed by atoms with van der Waals surface area (Å²) < 4.78 is 0. The molecule has 0 aliphatic carbocycles. The van der Waals surface area contributed by atoms with Crippen molar-refractivity contribution in [2.75, 3.05) is 11.9 Å². The van der Waals surface area contributed by atoms with Crippen molar-refractivity contribution < 1.29 is 0 Å². The maximum Gasteiger partial charge on any atom is 0.144 e. The van der Waals surface area contributed by atoms with Crippen LogP contribution in [0.15, 0.2) is 49.4 Å². The highest BCUT2D eigenvalue weighted by molar-refractivity contribution is 5.67. The number of nitrogens with zero attached hydrogens (tertiary/aromatic N) is 3. The summed E-state index contributed by atoms with van der Waals surface area (Å²) in [6.07, 6.45) is 6.89. The van der Waals surface area contributed by atoms with Crippen LogP contribution in [0.5, 0.6) is 0 Å². The van der Waals surface area contributed by atoms with Gasteiger partial charge in [-0.05, 0) is 23.8 Å². The van der Waals surface area contributed by atoms with Crippen LogP contribution in [0, 0.1) is 11.3 Å². The highest BCUT2D eigenvalue weighted by Gasteiger charge is 2.05. The van der Waals surface area contributed by atoms with Gasteiger partial charge in [0.1, 0.15) is 11.9 Å². The van der Waals surface area contributed by atoms with Crippen LogP contribution in [0.2, 0.25) is 0 Å². The fourth-order valence-corrected chi connectivity index (χ4v) is 1.56. The van der Waals surface area contributed by atoms with Crippen molar-refractivity contribution in [3.63, 3.8) is 0 Å². The van der Waals surface area contributed by atoms with Gasteiger partial charge < -0.3 is 5.32 Å². The molecule has 0 amide bonds. The molecule has 2 rings (SSSR count). The molecule has 0 aromatic carbocycles.